The molecule has 0 spiro atoms. The van der Waals surface area contributed by atoms with Crippen molar-refractivity contribution in [3.63, 3.8) is 0 Å². The summed E-state index contributed by atoms with van der Waals surface area (Å²) >= 11 is 3.37. The molecule has 6 heteroatoms. The number of esters is 1. The van der Waals surface area contributed by atoms with Gasteiger partial charge in [-0.2, -0.15) is 0 Å². The topological polar surface area (TPSA) is 64.6 Å². The van der Waals surface area contributed by atoms with E-state index in [0.29, 0.717) is 5.57 Å². The molecule has 0 aliphatic heterocycles. The van der Waals surface area contributed by atoms with Gasteiger partial charge in [0.25, 0.3) is 0 Å². The third-order valence-corrected chi connectivity index (χ3v) is 3.00. The van der Waals surface area contributed by atoms with Gasteiger partial charge in [-0.15, -0.1) is 0 Å². The Morgan fingerprint density at radius 1 is 1.33 bits per heavy atom. The molecule has 1 rings (SSSR count). The molecule has 0 saturated heterocycles. The molecular formula is C18H20BrNO4. The van der Waals surface area contributed by atoms with Crippen molar-refractivity contribution in [3.8, 4) is 11.8 Å². The third-order valence-electron chi connectivity index (χ3n) is 2.51. The summed E-state index contributed by atoms with van der Waals surface area (Å²) in [7, 11) is 1.28. The first kappa shape index (κ1) is 19.8. The van der Waals surface area contributed by atoms with Crippen molar-refractivity contribution >= 4 is 28.0 Å². The standard InChI is InChI=1S/C18H20BrNO4/c1-18(2,3)24-17(22)20-12-14(11-16(21)23-4)9-8-13-6-5-7-15(19)10-13/h5-7,10-11H,12H2,1-4H3,(H,20,22)/b14-11+. The monoisotopic (exact) mass is 393 g/mol. The van der Waals surface area contributed by atoms with Crippen LogP contribution in [0.3, 0.4) is 0 Å². The molecule has 128 valence electrons. The van der Waals surface area contributed by atoms with Crippen molar-refractivity contribution in [1.29, 1.82) is 0 Å². The van der Waals surface area contributed by atoms with Gasteiger partial charge in [0.15, 0.2) is 0 Å². The first-order valence-electron chi connectivity index (χ1n) is 7.22. The molecule has 1 amide bonds. The van der Waals surface area contributed by atoms with E-state index in [1.54, 1.807) is 20.8 Å². The van der Waals surface area contributed by atoms with Crippen LogP contribution in [0.2, 0.25) is 0 Å². The molecule has 0 atom stereocenters. The molecule has 5 nitrogen and oxygen atoms in total. The minimum absolute atomic E-state index is 0.0605. The van der Waals surface area contributed by atoms with E-state index in [2.05, 4.69) is 37.8 Å². The summed E-state index contributed by atoms with van der Waals surface area (Å²) in [6.07, 6.45) is 0.657. The minimum Gasteiger partial charge on any atom is -0.466 e. The number of amides is 1. The number of carbonyl (C=O) groups excluding carboxylic acids is 2. The van der Waals surface area contributed by atoms with E-state index in [-0.39, 0.29) is 6.54 Å². The summed E-state index contributed by atoms with van der Waals surface area (Å²) < 4.78 is 10.7. The Labute approximate surface area is 150 Å². The maximum absolute atomic E-state index is 11.7. The summed E-state index contributed by atoms with van der Waals surface area (Å²) in [5.41, 5.74) is 0.586. The molecule has 24 heavy (non-hydrogen) atoms. The molecule has 1 aromatic rings. The average Bonchev–Trinajstić information content (AvgIpc) is 2.48. The SMILES string of the molecule is COC(=O)/C=C(\C#Cc1cccc(Br)c1)CNC(=O)OC(C)(C)C. The van der Waals surface area contributed by atoms with Crippen molar-refractivity contribution in [1.82, 2.24) is 5.32 Å². The quantitative estimate of drug-likeness (QED) is 0.485. The van der Waals surface area contributed by atoms with Gasteiger partial charge >= 0.3 is 12.1 Å². The lowest BCUT2D eigenvalue weighted by molar-refractivity contribution is -0.134. The van der Waals surface area contributed by atoms with Gasteiger partial charge < -0.3 is 14.8 Å². The molecule has 0 aromatic heterocycles. The zero-order valence-electron chi connectivity index (χ0n) is 14.1. The normalized spacial score (nSPS) is 11.1. The summed E-state index contributed by atoms with van der Waals surface area (Å²) in [4.78, 5) is 23.1. The smallest absolute Gasteiger partial charge is 0.407 e. The molecule has 0 heterocycles. The highest BCUT2D eigenvalue weighted by Crippen LogP contribution is 2.11. The largest absolute Gasteiger partial charge is 0.466 e. The van der Waals surface area contributed by atoms with Gasteiger partial charge in [-0.25, -0.2) is 9.59 Å². The fourth-order valence-electron chi connectivity index (χ4n) is 1.53. The Morgan fingerprint density at radius 2 is 2.04 bits per heavy atom. The molecule has 0 aliphatic carbocycles. The number of hydrogen-bond acceptors (Lipinski definition) is 4. The number of carbonyl (C=O) groups is 2. The number of hydrogen-bond donors (Lipinski definition) is 1. The Hall–Kier alpha value is -2.26. The number of ether oxygens (including phenoxy) is 2. The van der Waals surface area contributed by atoms with Crippen LogP contribution in [0.25, 0.3) is 0 Å². The Balaban J connectivity index is 2.85. The molecule has 0 unspecified atom stereocenters. The predicted molar refractivity (Wildman–Crippen MR) is 95.4 cm³/mol. The van der Waals surface area contributed by atoms with Crippen LogP contribution in [0.1, 0.15) is 26.3 Å². The molecule has 1 N–H and O–H groups in total. The average molecular weight is 394 g/mol. The summed E-state index contributed by atoms with van der Waals surface area (Å²) in [5, 5.41) is 2.57. The Kier molecular flexibility index (Phi) is 7.53. The van der Waals surface area contributed by atoms with Gasteiger partial charge in [0.1, 0.15) is 5.60 Å². The fourth-order valence-corrected chi connectivity index (χ4v) is 1.93. The van der Waals surface area contributed by atoms with Crippen molar-refractivity contribution < 1.29 is 19.1 Å². The first-order chi connectivity index (χ1) is 11.2. The van der Waals surface area contributed by atoms with E-state index in [9.17, 15) is 9.59 Å². The highest BCUT2D eigenvalue weighted by molar-refractivity contribution is 9.10. The number of benzene rings is 1. The van der Waals surface area contributed by atoms with Crippen LogP contribution in [0, 0.1) is 11.8 Å². The zero-order valence-corrected chi connectivity index (χ0v) is 15.7. The van der Waals surface area contributed by atoms with Crippen molar-refractivity contribution in [2.75, 3.05) is 13.7 Å². The van der Waals surface area contributed by atoms with Crippen LogP contribution in [-0.4, -0.2) is 31.3 Å². The second kappa shape index (κ2) is 9.14. The summed E-state index contributed by atoms with van der Waals surface area (Å²) in [5.74, 6) is 5.26. The lowest BCUT2D eigenvalue weighted by Gasteiger charge is -2.19. The van der Waals surface area contributed by atoms with E-state index in [1.165, 1.54) is 13.2 Å². The van der Waals surface area contributed by atoms with Crippen molar-refractivity contribution in [3.05, 3.63) is 46.0 Å². The number of nitrogens with one attached hydrogen (secondary N) is 1. The van der Waals surface area contributed by atoms with Crippen molar-refractivity contribution in [2.24, 2.45) is 0 Å². The van der Waals surface area contributed by atoms with E-state index in [1.807, 2.05) is 24.3 Å². The van der Waals surface area contributed by atoms with Crippen LogP contribution in [0.15, 0.2) is 40.4 Å². The highest BCUT2D eigenvalue weighted by atomic mass is 79.9. The third kappa shape index (κ3) is 8.39. The van der Waals surface area contributed by atoms with Crippen LogP contribution < -0.4 is 5.32 Å². The van der Waals surface area contributed by atoms with Crippen LogP contribution in [-0.2, 0) is 14.3 Å². The molecule has 0 fully saturated rings. The fraction of sp³-hybridized carbons (Fsp3) is 0.333. The highest BCUT2D eigenvalue weighted by Gasteiger charge is 2.15. The number of methoxy groups -OCH3 is 1. The van der Waals surface area contributed by atoms with Crippen LogP contribution in [0.4, 0.5) is 4.79 Å². The van der Waals surface area contributed by atoms with Gasteiger partial charge in [0.2, 0.25) is 0 Å². The van der Waals surface area contributed by atoms with E-state index < -0.39 is 17.7 Å². The van der Waals surface area contributed by atoms with Gasteiger partial charge in [0.05, 0.1) is 13.7 Å². The Morgan fingerprint density at radius 3 is 2.62 bits per heavy atom. The number of alkyl carbamates (subject to hydrolysis) is 1. The van der Waals surface area contributed by atoms with E-state index in [0.717, 1.165) is 10.0 Å². The molecule has 0 radical (unpaired) electrons. The maximum Gasteiger partial charge on any atom is 0.407 e. The van der Waals surface area contributed by atoms with Crippen LogP contribution >= 0.6 is 15.9 Å². The molecule has 0 saturated carbocycles. The lowest BCUT2D eigenvalue weighted by Crippen LogP contribution is -2.33. The summed E-state index contributed by atoms with van der Waals surface area (Å²) in [6.45, 7) is 5.37. The van der Waals surface area contributed by atoms with Crippen LogP contribution in [0.5, 0.6) is 0 Å². The lowest BCUT2D eigenvalue weighted by atomic mass is 10.2. The molecular weight excluding hydrogens is 374 g/mol. The maximum atomic E-state index is 11.7. The Bertz CT molecular complexity index is 693. The number of rotatable bonds is 3. The van der Waals surface area contributed by atoms with Crippen molar-refractivity contribution in [2.45, 2.75) is 26.4 Å². The van der Waals surface area contributed by atoms with Gasteiger partial charge in [-0.1, -0.05) is 33.8 Å². The first-order valence-corrected chi connectivity index (χ1v) is 8.02. The molecule has 1 aromatic carbocycles. The second-order valence-corrected chi connectivity index (χ2v) is 6.72. The number of halogens is 1. The van der Waals surface area contributed by atoms with Gasteiger partial charge in [-0.3, -0.25) is 0 Å². The molecule has 0 aliphatic rings. The van der Waals surface area contributed by atoms with E-state index >= 15 is 0 Å². The van der Waals surface area contributed by atoms with Gasteiger partial charge in [-0.05, 0) is 39.0 Å². The minimum atomic E-state index is -0.599. The van der Waals surface area contributed by atoms with E-state index in [4.69, 9.17) is 4.74 Å². The summed E-state index contributed by atoms with van der Waals surface area (Å²) in [6, 6.07) is 7.44. The predicted octanol–water partition coefficient (Wildman–Crippen LogP) is 3.42. The second-order valence-electron chi connectivity index (χ2n) is 5.81. The zero-order chi connectivity index (χ0) is 18.2. The molecule has 0 bridgehead atoms. The van der Waals surface area contributed by atoms with Gasteiger partial charge in [0, 0.05) is 21.7 Å².